The summed E-state index contributed by atoms with van der Waals surface area (Å²) in [4.78, 5) is 0. The second-order valence-electron chi connectivity index (χ2n) is 6.72. The van der Waals surface area contributed by atoms with Crippen molar-refractivity contribution >= 4 is 0 Å². The third-order valence-corrected chi connectivity index (χ3v) is 4.79. The first-order chi connectivity index (χ1) is 9.50. The second-order valence-corrected chi connectivity index (χ2v) is 6.72. The van der Waals surface area contributed by atoms with Gasteiger partial charge in [-0.2, -0.15) is 0 Å². The molecule has 1 aromatic carbocycles. The monoisotopic (exact) mass is 266 g/mol. The highest BCUT2D eigenvalue weighted by Crippen LogP contribution is 2.39. The third kappa shape index (κ3) is 2.06. The van der Waals surface area contributed by atoms with Crippen LogP contribution >= 0.6 is 0 Å². The van der Waals surface area contributed by atoms with Gasteiger partial charge in [0.1, 0.15) is 7.05 Å². The summed E-state index contributed by atoms with van der Waals surface area (Å²) in [6.07, 6.45) is 6.02. The highest BCUT2D eigenvalue weighted by atomic mass is 14.9. The SMILES string of the molecule is Cc1ccccc1-c1c2c(cc[n+]1C)C(C)(C)CCC2. The summed E-state index contributed by atoms with van der Waals surface area (Å²) in [5, 5.41) is 0. The lowest BCUT2D eigenvalue weighted by Gasteiger charge is -2.32. The molecule has 0 N–H and O–H groups in total. The molecule has 0 fully saturated rings. The Kier molecular flexibility index (Phi) is 3.16. The Morgan fingerprint density at radius 2 is 1.85 bits per heavy atom. The Morgan fingerprint density at radius 3 is 2.60 bits per heavy atom. The number of nitrogens with zero attached hydrogens (tertiary/aromatic N) is 1. The van der Waals surface area contributed by atoms with Gasteiger partial charge in [0.2, 0.25) is 5.69 Å². The number of aryl methyl sites for hydroxylation is 2. The van der Waals surface area contributed by atoms with Crippen LogP contribution in [-0.2, 0) is 18.9 Å². The van der Waals surface area contributed by atoms with E-state index in [0.717, 1.165) is 0 Å². The second kappa shape index (κ2) is 4.73. The van der Waals surface area contributed by atoms with Crippen LogP contribution in [0.15, 0.2) is 36.5 Å². The minimum Gasteiger partial charge on any atom is -0.201 e. The smallest absolute Gasteiger partial charge is 0.201 e. The average molecular weight is 266 g/mol. The van der Waals surface area contributed by atoms with E-state index in [1.54, 1.807) is 11.1 Å². The number of aromatic nitrogens is 1. The van der Waals surface area contributed by atoms with E-state index in [1.807, 2.05) is 0 Å². The van der Waals surface area contributed by atoms with Gasteiger partial charge in [0, 0.05) is 17.2 Å². The number of fused-ring (bicyclic) bond motifs is 1. The Labute approximate surface area is 122 Å². The molecule has 1 aliphatic rings. The maximum Gasteiger partial charge on any atom is 0.216 e. The zero-order valence-corrected chi connectivity index (χ0v) is 13.0. The van der Waals surface area contributed by atoms with E-state index < -0.39 is 0 Å². The number of hydrogen-bond acceptors (Lipinski definition) is 0. The Hall–Kier alpha value is -1.63. The van der Waals surface area contributed by atoms with Crippen LogP contribution in [0.3, 0.4) is 0 Å². The summed E-state index contributed by atoms with van der Waals surface area (Å²) in [7, 11) is 2.17. The van der Waals surface area contributed by atoms with Crippen LogP contribution in [0.2, 0.25) is 0 Å². The quantitative estimate of drug-likeness (QED) is 0.684. The van der Waals surface area contributed by atoms with E-state index in [0.29, 0.717) is 5.41 Å². The van der Waals surface area contributed by atoms with Gasteiger partial charge in [0.15, 0.2) is 6.20 Å². The molecule has 0 amide bonds. The highest BCUT2D eigenvalue weighted by Gasteiger charge is 2.32. The van der Waals surface area contributed by atoms with Crippen molar-refractivity contribution in [3.05, 3.63) is 53.2 Å². The fraction of sp³-hybridized carbons (Fsp3) is 0.421. The lowest BCUT2D eigenvalue weighted by atomic mass is 9.72. The van der Waals surface area contributed by atoms with E-state index >= 15 is 0 Å². The number of benzene rings is 1. The van der Waals surface area contributed by atoms with Crippen LogP contribution in [-0.4, -0.2) is 0 Å². The fourth-order valence-corrected chi connectivity index (χ4v) is 3.62. The summed E-state index contributed by atoms with van der Waals surface area (Å²) < 4.78 is 2.29. The summed E-state index contributed by atoms with van der Waals surface area (Å²) in [6.45, 7) is 6.97. The van der Waals surface area contributed by atoms with Crippen LogP contribution in [0.1, 0.15) is 43.4 Å². The number of rotatable bonds is 1. The maximum atomic E-state index is 2.38. The number of pyridine rings is 1. The highest BCUT2D eigenvalue weighted by molar-refractivity contribution is 5.66. The molecule has 0 spiro atoms. The lowest BCUT2D eigenvalue weighted by Crippen LogP contribution is -2.36. The van der Waals surface area contributed by atoms with Gasteiger partial charge in [-0.05, 0) is 48.8 Å². The van der Waals surface area contributed by atoms with E-state index in [4.69, 9.17) is 0 Å². The molecule has 0 saturated carbocycles. The van der Waals surface area contributed by atoms with Crippen molar-refractivity contribution in [1.29, 1.82) is 0 Å². The molecule has 1 heterocycles. The molecule has 1 aliphatic carbocycles. The van der Waals surface area contributed by atoms with Gasteiger partial charge in [0.25, 0.3) is 0 Å². The van der Waals surface area contributed by atoms with Gasteiger partial charge in [-0.1, -0.05) is 32.0 Å². The Balaban J connectivity index is 2.29. The molecule has 104 valence electrons. The predicted molar refractivity (Wildman–Crippen MR) is 83.8 cm³/mol. The van der Waals surface area contributed by atoms with Crippen molar-refractivity contribution in [1.82, 2.24) is 0 Å². The van der Waals surface area contributed by atoms with Crippen molar-refractivity contribution in [3.63, 3.8) is 0 Å². The normalized spacial score (nSPS) is 16.8. The van der Waals surface area contributed by atoms with Crippen molar-refractivity contribution in [2.75, 3.05) is 0 Å². The van der Waals surface area contributed by atoms with Crippen molar-refractivity contribution in [3.8, 4) is 11.3 Å². The van der Waals surface area contributed by atoms with Gasteiger partial charge in [-0.15, -0.1) is 0 Å². The molecule has 0 bridgehead atoms. The van der Waals surface area contributed by atoms with Gasteiger partial charge < -0.3 is 0 Å². The van der Waals surface area contributed by atoms with Crippen LogP contribution in [0.25, 0.3) is 11.3 Å². The van der Waals surface area contributed by atoms with Crippen molar-refractivity contribution in [2.24, 2.45) is 7.05 Å². The van der Waals surface area contributed by atoms with Gasteiger partial charge in [0.05, 0.1) is 0 Å². The molecule has 20 heavy (non-hydrogen) atoms. The molecule has 0 unspecified atom stereocenters. The Bertz CT molecular complexity index is 653. The molecule has 2 aromatic rings. The van der Waals surface area contributed by atoms with Gasteiger partial charge in [-0.25, -0.2) is 4.57 Å². The van der Waals surface area contributed by atoms with Crippen LogP contribution in [0.5, 0.6) is 0 Å². The summed E-state index contributed by atoms with van der Waals surface area (Å²) in [6, 6.07) is 11.1. The van der Waals surface area contributed by atoms with Crippen molar-refractivity contribution in [2.45, 2.75) is 45.4 Å². The van der Waals surface area contributed by atoms with E-state index in [-0.39, 0.29) is 0 Å². The maximum absolute atomic E-state index is 2.38. The molecular formula is C19H24N+. The first-order valence-corrected chi connectivity index (χ1v) is 7.59. The molecule has 1 aromatic heterocycles. The van der Waals surface area contributed by atoms with Gasteiger partial charge >= 0.3 is 0 Å². The predicted octanol–water partition coefficient (Wildman–Crippen LogP) is 4.10. The topological polar surface area (TPSA) is 3.88 Å². The van der Waals surface area contributed by atoms with Crippen LogP contribution in [0, 0.1) is 6.92 Å². The molecule has 0 aliphatic heterocycles. The average Bonchev–Trinajstić information content (AvgIpc) is 2.39. The van der Waals surface area contributed by atoms with Gasteiger partial charge in [-0.3, -0.25) is 0 Å². The standard InChI is InChI=1S/C19H24N/c1-14-8-5-6-9-15(14)18-16-10-7-12-19(2,3)17(16)11-13-20(18)4/h5-6,8-9,11,13H,7,10,12H2,1-4H3/q+1. The minimum atomic E-state index is 0.305. The molecule has 3 rings (SSSR count). The minimum absolute atomic E-state index is 0.305. The lowest BCUT2D eigenvalue weighted by molar-refractivity contribution is -0.660. The summed E-state index contributed by atoms with van der Waals surface area (Å²) in [5.74, 6) is 0. The molecule has 0 atom stereocenters. The largest absolute Gasteiger partial charge is 0.216 e. The molecule has 0 saturated heterocycles. The third-order valence-electron chi connectivity index (χ3n) is 4.79. The molecule has 1 nitrogen and oxygen atoms in total. The first kappa shape index (κ1) is 13.4. The molecule has 1 heteroatoms. The van der Waals surface area contributed by atoms with E-state index in [1.165, 1.54) is 36.1 Å². The van der Waals surface area contributed by atoms with E-state index in [2.05, 4.69) is 68.9 Å². The summed E-state index contributed by atoms with van der Waals surface area (Å²) >= 11 is 0. The van der Waals surface area contributed by atoms with Crippen molar-refractivity contribution < 1.29 is 4.57 Å². The zero-order valence-electron chi connectivity index (χ0n) is 13.0. The molecule has 0 radical (unpaired) electrons. The number of hydrogen-bond donors (Lipinski definition) is 0. The summed E-state index contributed by atoms with van der Waals surface area (Å²) in [5.41, 5.74) is 7.55. The van der Waals surface area contributed by atoms with E-state index in [9.17, 15) is 0 Å². The van der Waals surface area contributed by atoms with Crippen LogP contribution in [0.4, 0.5) is 0 Å². The van der Waals surface area contributed by atoms with Crippen LogP contribution < -0.4 is 4.57 Å². The zero-order chi connectivity index (χ0) is 14.3. The fourth-order valence-electron chi connectivity index (χ4n) is 3.62. The molecular weight excluding hydrogens is 242 g/mol. The first-order valence-electron chi connectivity index (χ1n) is 7.59. The Morgan fingerprint density at radius 1 is 1.10 bits per heavy atom.